The number of aromatic nitrogens is 6. The van der Waals surface area contributed by atoms with Crippen LogP contribution in [0.2, 0.25) is 0 Å². The first-order valence-electron chi connectivity index (χ1n) is 19.2. The van der Waals surface area contributed by atoms with Crippen LogP contribution in [0.3, 0.4) is 0 Å². The molecule has 270 valence electrons. The van der Waals surface area contributed by atoms with Crippen LogP contribution in [0.4, 0.5) is 0 Å². The summed E-state index contributed by atoms with van der Waals surface area (Å²) in [6.45, 7) is 0. The third-order valence-corrected chi connectivity index (χ3v) is 12.6. The van der Waals surface area contributed by atoms with E-state index in [-0.39, 0.29) is 0 Å². The second kappa shape index (κ2) is 11.9. The van der Waals surface area contributed by atoms with Crippen LogP contribution in [0.15, 0.2) is 174 Å². The van der Waals surface area contributed by atoms with Crippen molar-refractivity contribution in [2.45, 2.75) is 0 Å². The number of para-hydroxylation sites is 3. The van der Waals surface area contributed by atoms with Gasteiger partial charge in [0.2, 0.25) is 5.95 Å². The van der Waals surface area contributed by atoms with Gasteiger partial charge in [-0.25, -0.2) is 9.97 Å². The van der Waals surface area contributed by atoms with Crippen LogP contribution in [0.25, 0.3) is 120 Å². The summed E-state index contributed by atoms with van der Waals surface area (Å²) >= 11 is 1.82. The number of fused-ring (bicyclic) bond motifs is 13. The van der Waals surface area contributed by atoms with Crippen molar-refractivity contribution >= 4 is 97.1 Å². The summed E-state index contributed by atoms with van der Waals surface area (Å²) in [4.78, 5) is 20.7. The van der Waals surface area contributed by atoms with Gasteiger partial charge in [0, 0.05) is 58.9 Å². The number of hydrogen-bond acceptors (Lipinski definition) is 6. The standard InChI is InChI=1S/C50H28N6OS/c1-2-12-29(13-3-1)48-52-49(54-50(53-48)56-40-19-9-4-14-31(40)35-23-24-36-34-17-7-11-21-44(34)58-47(36)46(35)56)30-22-25-41-37(26-30)32-15-5-8-18-39(32)55(41)45-27-38-33-16-6-10-20-42(33)57-43(38)28-51-45/h1-28H. The van der Waals surface area contributed by atoms with E-state index in [0.29, 0.717) is 17.6 Å². The van der Waals surface area contributed by atoms with Crippen LogP contribution in [0.5, 0.6) is 0 Å². The second-order valence-corrected chi connectivity index (χ2v) is 15.7. The highest BCUT2D eigenvalue weighted by Crippen LogP contribution is 2.43. The van der Waals surface area contributed by atoms with Gasteiger partial charge >= 0.3 is 0 Å². The van der Waals surface area contributed by atoms with Gasteiger partial charge in [0.1, 0.15) is 11.4 Å². The van der Waals surface area contributed by atoms with Crippen LogP contribution in [-0.2, 0) is 0 Å². The Bertz CT molecular complexity index is 3820. The van der Waals surface area contributed by atoms with Gasteiger partial charge < -0.3 is 4.42 Å². The molecule has 7 nitrogen and oxygen atoms in total. The van der Waals surface area contributed by atoms with E-state index in [9.17, 15) is 0 Å². The fourth-order valence-electron chi connectivity index (χ4n) is 8.85. The van der Waals surface area contributed by atoms with Gasteiger partial charge in [-0.3, -0.25) is 9.13 Å². The lowest BCUT2D eigenvalue weighted by molar-refractivity contribution is 0.666. The average Bonchev–Trinajstić information content (AvgIpc) is 4.04. The minimum Gasteiger partial charge on any atom is -0.454 e. The minimum absolute atomic E-state index is 0.576. The van der Waals surface area contributed by atoms with Crippen molar-refractivity contribution in [1.29, 1.82) is 0 Å². The molecule has 0 spiro atoms. The molecular weight excluding hydrogens is 733 g/mol. The number of pyridine rings is 1. The van der Waals surface area contributed by atoms with Crippen LogP contribution >= 0.6 is 11.3 Å². The molecule has 13 aromatic rings. The fourth-order valence-corrected chi connectivity index (χ4v) is 10.1. The second-order valence-electron chi connectivity index (χ2n) is 14.7. The minimum atomic E-state index is 0.576. The molecule has 0 unspecified atom stereocenters. The highest BCUT2D eigenvalue weighted by Gasteiger charge is 2.22. The van der Waals surface area contributed by atoms with Crippen molar-refractivity contribution in [2.24, 2.45) is 0 Å². The van der Waals surface area contributed by atoms with Gasteiger partial charge in [-0.05, 0) is 48.5 Å². The zero-order chi connectivity index (χ0) is 37.9. The molecule has 0 atom stereocenters. The Morgan fingerprint density at radius 2 is 1.09 bits per heavy atom. The Labute approximate surface area is 333 Å². The molecule has 0 radical (unpaired) electrons. The van der Waals surface area contributed by atoms with E-state index in [2.05, 4.69) is 137 Å². The number of furan rings is 1. The molecule has 0 aliphatic carbocycles. The van der Waals surface area contributed by atoms with E-state index >= 15 is 0 Å². The normalized spacial score (nSPS) is 12.1. The summed E-state index contributed by atoms with van der Waals surface area (Å²) in [5.74, 6) is 2.61. The first-order chi connectivity index (χ1) is 28.7. The van der Waals surface area contributed by atoms with Gasteiger partial charge in [0.05, 0.1) is 33.0 Å². The smallest absolute Gasteiger partial charge is 0.238 e. The summed E-state index contributed by atoms with van der Waals surface area (Å²) in [6.07, 6.45) is 1.83. The summed E-state index contributed by atoms with van der Waals surface area (Å²) in [6, 6.07) is 57.1. The lowest BCUT2D eigenvalue weighted by Crippen LogP contribution is -2.06. The molecular formula is C50H28N6OS. The Morgan fingerprint density at radius 1 is 0.431 bits per heavy atom. The van der Waals surface area contributed by atoms with Gasteiger partial charge in [-0.1, -0.05) is 115 Å². The summed E-state index contributed by atoms with van der Waals surface area (Å²) in [7, 11) is 0. The van der Waals surface area contributed by atoms with Gasteiger partial charge in [0.25, 0.3) is 0 Å². The van der Waals surface area contributed by atoms with Crippen molar-refractivity contribution in [1.82, 2.24) is 29.1 Å². The molecule has 0 saturated heterocycles. The highest BCUT2D eigenvalue weighted by atomic mass is 32.1. The molecule has 0 bridgehead atoms. The molecule has 6 heterocycles. The van der Waals surface area contributed by atoms with Gasteiger partial charge in [-0.2, -0.15) is 9.97 Å². The SMILES string of the molecule is c1ccc(-c2nc(-c3ccc4c(c3)c3ccccc3n4-c3cc4c(cn3)oc3ccccc34)nc(-n3c4ccccc4c4ccc5c6ccccc6sc5c43)n2)cc1. The molecule has 13 rings (SSSR count). The molecule has 0 N–H and O–H groups in total. The molecule has 0 amide bonds. The first-order valence-corrected chi connectivity index (χ1v) is 20.0. The van der Waals surface area contributed by atoms with E-state index in [4.69, 9.17) is 24.4 Å². The predicted octanol–water partition coefficient (Wildman–Crippen LogP) is 13.1. The van der Waals surface area contributed by atoms with E-state index in [0.717, 1.165) is 77.1 Å². The lowest BCUT2D eigenvalue weighted by atomic mass is 10.1. The molecule has 0 aliphatic rings. The van der Waals surface area contributed by atoms with Gasteiger partial charge in [0.15, 0.2) is 17.2 Å². The zero-order valence-corrected chi connectivity index (χ0v) is 31.5. The topological polar surface area (TPSA) is 74.6 Å². The molecule has 6 aromatic heterocycles. The van der Waals surface area contributed by atoms with E-state index in [1.165, 1.54) is 25.6 Å². The third kappa shape index (κ3) is 4.48. The van der Waals surface area contributed by atoms with Crippen molar-refractivity contribution < 1.29 is 4.42 Å². The fraction of sp³-hybridized carbons (Fsp3) is 0. The monoisotopic (exact) mass is 760 g/mol. The Kier molecular flexibility index (Phi) is 6.47. The number of hydrogen-bond donors (Lipinski definition) is 0. The Morgan fingerprint density at radius 3 is 1.93 bits per heavy atom. The molecule has 0 fully saturated rings. The number of nitrogens with zero attached hydrogens (tertiary/aromatic N) is 6. The number of thiophene rings is 1. The molecule has 58 heavy (non-hydrogen) atoms. The van der Waals surface area contributed by atoms with E-state index in [1.807, 2.05) is 53.9 Å². The molecule has 7 aromatic carbocycles. The highest BCUT2D eigenvalue weighted by molar-refractivity contribution is 7.26. The largest absolute Gasteiger partial charge is 0.454 e. The molecule has 0 aliphatic heterocycles. The number of rotatable bonds is 4. The predicted molar refractivity (Wildman–Crippen MR) is 237 cm³/mol. The van der Waals surface area contributed by atoms with E-state index < -0.39 is 0 Å². The number of benzene rings is 7. The van der Waals surface area contributed by atoms with Crippen LogP contribution < -0.4 is 0 Å². The quantitative estimate of drug-likeness (QED) is 0.179. The Hall–Kier alpha value is -7.68. The maximum absolute atomic E-state index is 6.13. The molecule has 8 heteroatoms. The van der Waals surface area contributed by atoms with Crippen LogP contribution in [0, 0.1) is 0 Å². The van der Waals surface area contributed by atoms with Gasteiger partial charge in [-0.15, -0.1) is 11.3 Å². The first kappa shape index (κ1) is 31.5. The third-order valence-electron chi connectivity index (χ3n) is 11.4. The summed E-state index contributed by atoms with van der Waals surface area (Å²) in [5, 5.41) is 9.11. The summed E-state index contributed by atoms with van der Waals surface area (Å²) in [5.41, 5.74) is 7.69. The van der Waals surface area contributed by atoms with Crippen LogP contribution in [-0.4, -0.2) is 29.1 Å². The maximum atomic E-state index is 6.13. The van der Waals surface area contributed by atoms with Crippen molar-refractivity contribution in [2.75, 3.05) is 0 Å². The Balaban J connectivity index is 1.07. The molecule has 0 saturated carbocycles. The van der Waals surface area contributed by atoms with E-state index in [1.54, 1.807) is 0 Å². The summed E-state index contributed by atoms with van der Waals surface area (Å²) < 4.78 is 13.1. The van der Waals surface area contributed by atoms with Crippen LogP contribution in [0.1, 0.15) is 0 Å². The zero-order valence-electron chi connectivity index (χ0n) is 30.7. The maximum Gasteiger partial charge on any atom is 0.238 e. The lowest BCUT2D eigenvalue weighted by Gasteiger charge is -2.11. The average molecular weight is 761 g/mol. The van der Waals surface area contributed by atoms with Crippen molar-refractivity contribution in [3.05, 3.63) is 170 Å². The van der Waals surface area contributed by atoms with Crippen molar-refractivity contribution in [3.8, 4) is 34.5 Å². The van der Waals surface area contributed by atoms with Crippen molar-refractivity contribution in [3.63, 3.8) is 0 Å².